The zero-order valence-electron chi connectivity index (χ0n) is 10.3. The predicted octanol–water partition coefficient (Wildman–Crippen LogP) is 1.60. The highest BCUT2D eigenvalue weighted by molar-refractivity contribution is 9.10. The minimum absolute atomic E-state index is 0.193. The molecule has 1 aromatic heterocycles. The molecule has 0 saturated heterocycles. The molecule has 1 unspecified atom stereocenters. The number of benzene rings is 1. The Balaban J connectivity index is 2.44. The number of hydrogen-bond acceptors (Lipinski definition) is 4. The van der Waals surface area contributed by atoms with Crippen LogP contribution in [0.1, 0.15) is 11.6 Å². The van der Waals surface area contributed by atoms with Crippen LogP contribution in [0.2, 0.25) is 0 Å². The Bertz CT molecular complexity index is 682. The molecule has 2 rings (SSSR count). The Morgan fingerprint density at radius 3 is 2.63 bits per heavy atom. The molecule has 1 heterocycles. The number of hydrogen-bond donors (Lipinski definition) is 1. The molecule has 2 aromatic rings. The molecule has 0 amide bonds. The molecular weight excluding hydrogens is 330 g/mol. The van der Waals surface area contributed by atoms with E-state index < -0.39 is 9.84 Å². The minimum Gasteiger partial charge on any atom is -0.328 e. The Kier molecular flexibility index (Phi) is 4.07. The molecule has 1 aromatic carbocycles. The number of aromatic nitrogens is 2. The van der Waals surface area contributed by atoms with Crippen LogP contribution in [-0.4, -0.2) is 31.0 Å². The van der Waals surface area contributed by atoms with Crippen molar-refractivity contribution in [2.75, 3.05) is 12.8 Å². The molecule has 0 radical (unpaired) electrons. The van der Waals surface area contributed by atoms with Crippen LogP contribution in [0.5, 0.6) is 0 Å². The summed E-state index contributed by atoms with van der Waals surface area (Å²) < 4.78 is 25.4. The topological polar surface area (TPSA) is 78.0 Å². The van der Waals surface area contributed by atoms with E-state index in [0.29, 0.717) is 6.54 Å². The third-order valence-corrected chi connectivity index (χ3v) is 4.60. The smallest absolute Gasteiger partial charge is 0.178 e. The maximum absolute atomic E-state index is 11.5. The van der Waals surface area contributed by atoms with Gasteiger partial charge in [-0.05, 0) is 11.6 Å². The summed E-state index contributed by atoms with van der Waals surface area (Å²) in [7, 11) is -3.25. The van der Waals surface area contributed by atoms with Gasteiger partial charge in [0.05, 0.1) is 12.2 Å². The molecule has 102 valence electrons. The number of nitrogens with zero attached hydrogens (tertiary/aromatic N) is 2. The van der Waals surface area contributed by atoms with Crippen molar-refractivity contribution in [3.8, 4) is 0 Å². The van der Waals surface area contributed by atoms with Crippen LogP contribution >= 0.6 is 15.9 Å². The van der Waals surface area contributed by atoms with Crippen molar-refractivity contribution < 1.29 is 8.42 Å². The Morgan fingerprint density at radius 1 is 1.42 bits per heavy atom. The molecule has 19 heavy (non-hydrogen) atoms. The highest BCUT2D eigenvalue weighted by atomic mass is 79.9. The molecule has 0 aliphatic rings. The normalized spacial score (nSPS) is 13.4. The maximum Gasteiger partial charge on any atom is 0.178 e. The van der Waals surface area contributed by atoms with E-state index in [2.05, 4.69) is 21.0 Å². The second kappa shape index (κ2) is 5.44. The number of rotatable bonds is 4. The number of sulfone groups is 1. The van der Waals surface area contributed by atoms with E-state index in [0.717, 1.165) is 16.3 Å². The molecule has 1 atom stereocenters. The number of nitrogens with two attached hydrogens (primary N) is 1. The number of halogens is 1. The van der Waals surface area contributed by atoms with Gasteiger partial charge in [0.25, 0.3) is 0 Å². The van der Waals surface area contributed by atoms with Gasteiger partial charge < -0.3 is 5.73 Å². The summed E-state index contributed by atoms with van der Waals surface area (Å²) in [6, 6.07) is 7.46. The lowest BCUT2D eigenvalue weighted by atomic mass is 10.1. The average Bonchev–Trinajstić information content (AvgIpc) is 2.82. The van der Waals surface area contributed by atoms with Crippen LogP contribution in [0.15, 0.2) is 46.0 Å². The van der Waals surface area contributed by atoms with E-state index in [9.17, 15) is 8.42 Å². The van der Waals surface area contributed by atoms with E-state index >= 15 is 0 Å². The van der Waals surface area contributed by atoms with Gasteiger partial charge in [0.1, 0.15) is 4.90 Å². The molecule has 2 N–H and O–H groups in total. The zero-order valence-corrected chi connectivity index (χ0v) is 12.7. The second-order valence-corrected chi connectivity index (χ2v) is 7.07. The third-order valence-electron chi connectivity index (χ3n) is 2.81. The molecule has 0 aliphatic heterocycles. The summed E-state index contributed by atoms with van der Waals surface area (Å²) in [5.41, 5.74) is 6.76. The van der Waals surface area contributed by atoms with Crippen LogP contribution in [0.4, 0.5) is 0 Å². The van der Waals surface area contributed by atoms with Crippen LogP contribution < -0.4 is 5.73 Å². The molecular formula is C12H14BrN3O2S. The molecule has 5 nitrogen and oxygen atoms in total. The standard InChI is InChI=1S/C12H14BrN3O2S/c1-19(17,18)9-7-15-16(8-9)12(6-14)10-4-2-3-5-11(10)13/h2-5,7-8,12H,6,14H2,1H3. The van der Waals surface area contributed by atoms with Crippen molar-refractivity contribution in [1.82, 2.24) is 9.78 Å². The Hall–Kier alpha value is -1.18. The van der Waals surface area contributed by atoms with Gasteiger partial charge in [-0.25, -0.2) is 8.42 Å². The van der Waals surface area contributed by atoms with Crippen molar-refractivity contribution >= 4 is 25.8 Å². The Morgan fingerprint density at radius 2 is 2.11 bits per heavy atom. The van der Waals surface area contributed by atoms with E-state index in [4.69, 9.17) is 5.73 Å². The molecule has 0 bridgehead atoms. The van der Waals surface area contributed by atoms with Gasteiger partial charge in [-0.15, -0.1) is 0 Å². The lowest BCUT2D eigenvalue weighted by molar-refractivity contribution is 0.529. The van der Waals surface area contributed by atoms with Crippen LogP contribution in [0, 0.1) is 0 Å². The lowest BCUT2D eigenvalue weighted by Gasteiger charge is -2.17. The second-order valence-electron chi connectivity index (χ2n) is 4.20. The first kappa shape index (κ1) is 14.2. The Labute approximate surface area is 120 Å². The fraction of sp³-hybridized carbons (Fsp3) is 0.250. The highest BCUT2D eigenvalue weighted by Gasteiger charge is 2.18. The highest BCUT2D eigenvalue weighted by Crippen LogP contribution is 2.25. The lowest BCUT2D eigenvalue weighted by Crippen LogP contribution is -2.21. The average molecular weight is 344 g/mol. The fourth-order valence-electron chi connectivity index (χ4n) is 1.81. The van der Waals surface area contributed by atoms with Gasteiger partial charge in [0.2, 0.25) is 0 Å². The predicted molar refractivity (Wildman–Crippen MR) is 76.7 cm³/mol. The van der Waals surface area contributed by atoms with Crippen molar-refractivity contribution in [1.29, 1.82) is 0 Å². The maximum atomic E-state index is 11.5. The van der Waals surface area contributed by atoms with Crippen molar-refractivity contribution in [3.63, 3.8) is 0 Å². The van der Waals surface area contributed by atoms with Gasteiger partial charge in [-0.3, -0.25) is 4.68 Å². The van der Waals surface area contributed by atoms with Gasteiger partial charge in [0.15, 0.2) is 9.84 Å². The van der Waals surface area contributed by atoms with Gasteiger partial charge in [-0.2, -0.15) is 5.10 Å². The quantitative estimate of drug-likeness (QED) is 0.914. The van der Waals surface area contributed by atoms with Crippen LogP contribution in [0.25, 0.3) is 0 Å². The summed E-state index contributed by atoms with van der Waals surface area (Å²) in [5.74, 6) is 0. The van der Waals surface area contributed by atoms with E-state index in [1.165, 1.54) is 12.4 Å². The fourth-order valence-corrected chi connectivity index (χ4v) is 2.89. The molecule has 0 saturated carbocycles. The third kappa shape index (κ3) is 3.05. The summed E-state index contributed by atoms with van der Waals surface area (Å²) in [6.45, 7) is 0.327. The van der Waals surface area contributed by atoms with Gasteiger partial charge in [-0.1, -0.05) is 34.1 Å². The minimum atomic E-state index is -3.25. The van der Waals surface area contributed by atoms with E-state index in [1.54, 1.807) is 4.68 Å². The molecule has 7 heteroatoms. The summed E-state index contributed by atoms with van der Waals surface area (Å²) in [5, 5.41) is 4.11. The van der Waals surface area contributed by atoms with Crippen molar-refractivity contribution in [2.45, 2.75) is 10.9 Å². The monoisotopic (exact) mass is 343 g/mol. The summed E-state index contributed by atoms with van der Waals surface area (Å²) in [6.07, 6.45) is 4.01. The molecule has 0 spiro atoms. The van der Waals surface area contributed by atoms with Crippen molar-refractivity contribution in [2.24, 2.45) is 5.73 Å². The SMILES string of the molecule is CS(=O)(=O)c1cnn(C(CN)c2ccccc2Br)c1. The summed E-state index contributed by atoms with van der Waals surface area (Å²) >= 11 is 3.47. The van der Waals surface area contributed by atoms with Gasteiger partial charge in [0, 0.05) is 23.5 Å². The summed E-state index contributed by atoms with van der Waals surface area (Å²) in [4.78, 5) is 0.193. The first-order valence-electron chi connectivity index (χ1n) is 5.62. The first-order valence-corrected chi connectivity index (χ1v) is 8.30. The van der Waals surface area contributed by atoms with Crippen molar-refractivity contribution in [3.05, 3.63) is 46.7 Å². The van der Waals surface area contributed by atoms with E-state index in [1.807, 2.05) is 24.3 Å². The first-order chi connectivity index (χ1) is 8.93. The van der Waals surface area contributed by atoms with Gasteiger partial charge >= 0.3 is 0 Å². The molecule has 0 fully saturated rings. The largest absolute Gasteiger partial charge is 0.328 e. The van der Waals surface area contributed by atoms with Crippen LogP contribution in [0.3, 0.4) is 0 Å². The van der Waals surface area contributed by atoms with E-state index in [-0.39, 0.29) is 10.9 Å². The van der Waals surface area contributed by atoms with Crippen LogP contribution in [-0.2, 0) is 9.84 Å². The zero-order chi connectivity index (χ0) is 14.0. The molecule has 0 aliphatic carbocycles.